The Kier molecular flexibility index (Phi) is 4.81. The van der Waals surface area contributed by atoms with Gasteiger partial charge in [-0.15, -0.1) is 0 Å². The van der Waals surface area contributed by atoms with Crippen molar-refractivity contribution < 1.29 is 14.6 Å². The highest BCUT2D eigenvalue weighted by atomic mass is 16.5. The fraction of sp³-hybridized carbons (Fsp3) is 0.929. The van der Waals surface area contributed by atoms with E-state index in [4.69, 9.17) is 4.74 Å². The van der Waals surface area contributed by atoms with Crippen LogP contribution in [0.2, 0.25) is 0 Å². The first-order valence-electron chi connectivity index (χ1n) is 7.36. The molecule has 110 valence electrons. The molecule has 0 radical (unpaired) electrons. The van der Waals surface area contributed by atoms with Gasteiger partial charge in [0.2, 0.25) is 0 Å². The van der Waals surface area contributed by atoms with E-state index < -0.39 is 11.5 Å². The van der Waals surface area contributed by atoms with Crippen LogP contribution in [0.25, 0.3) is 0 Å². The van der Waals surface area contributed by atoms with Crippen molar-refractivity contribution in [3.8, 4) is 0 Å². The van der Waals surface area contributed by atoms with Gasteiger partial charge in [0.05, 0.1) is 13.2 Å². The summed E-state index contributed by atoms with van der Waals surface area (Å²) in [5.74, 6) is -0.653. The van der Waals surface area contributed by atoms with Crippen molar-refractivity contribution in [3.05, 3.63) is 0 Å². The molecule has 0 aliphatic carbocycles. The van der Waals surface area contributed by atoms with Crippen LogP contribution in [0.1, 0.15) is 33.1 Å². The van der Waals surface area contributed by atoms with E-state index in [2.05, 4.69) is 23.6 Å². The molecule has 0 spiro atoms. The number of aliphatic carboxylic acids is 1. The van der Waals surface area contributed by atoms with Crippen molar-refractivity contribution in [1.29, 1.82) is 0 Å². The van der Waals surface area contributed by atoms with Gasteiger partial charge in [-0.2, -0.15) is 0 Å². The molecule has 0 aromatic carbocycles. The average Bonchev–Trinajstić information content (AvgIpc) is 2.63. The Morgan fingerprint density at radius 2 is 1.84 bits per heavy atom. The van der Waals surface area contributed by atoms with Crippen molar-refractivity contribution in [2.75, 3.05) is 39.4 Å². The van der Waals surface area contributed by atoms with Crippen LogP contribution >= 0.6 is 0 Å². The van der Waals surface area contributed by atoms with Gasteiger partial charge in [-0.05, 0) is 39.7 Å². The lowest BCUT2D eigenvalue weighted by Crippen LogP contribution is -2.58. The maximum absolute atomic E-state index is 11.9. The highest BCUT2D eigenvalue weighted by Gasteiger charge is 2.45. The van der Waals surface area contributed by atoms with Gasteiger partial charge in [0.25, 0.3) is 0 Å². The molecule has 2 rings (SSSR count). The zero-order valence-electron chi connectivity index (χ0n) is 12.1. The molecule has 0 aromatic heterocycles. The molecule has 19 heavy (non-hydrogen) atoms. The van der Waals surface area contributed by atoms with Crippen molar-refractivity contribution in [3.63, 3.8) is 0 Å². The lowest BCUT2D eigenvalue weighted by molar-refractivity contribution is -0.156. The summed E-state index contributed by atoms with van der Waals surface area (Å²) in [4.78, 5) is 16.4. The summed E-state index contributed by atoms with van der Waals surface area (Å²) < 4.78 is 5.36. The molecule has 1 unspecified atom stereocenters. The maximum Gasteiger partial charge on any atom is 0.324 e. The zero-order chi connectivity index (χ0) is 13.9. The number of nitrogens with zero attached hydrogens (tertiary/aromatic N) is 2. The van der Waals surface area contributed by atoms with Crippen LogP contribution in [0.4, 0.5) is 0 Å². The number of hydrogen-bond donors (Lipinski definition) is 1. The molecule has 0 saturated carbocycles. The van der Waals surface area contributed by atoms with Gasteiger partial charge in [0.15, 0.2) is 0 Å². The molecular weight excluding hydrogens is 244 g/mol. The predicted octanol–water partition coefficient (Wildman–Crippen LogP) is 1.04. The Morgan fingerprint density at radius 1 is 1.16 bits per heavy atom. The lowest BCUT2D eigenvalue weighted by Gasteiger charge is -2.42. The minimum atomic E-state index is -0.673. The summed E-state index contributed by atoms with van der Waals surface area (Å²) in [5, 5.41) is 9.79. The summed E-state index contributed by atoms with van der Waals surface area (Å²) in [7, 11) is 0. The number of carbonyl (C=O) groups is 1. The van der Waals surface area contributed by atoms with E-state index in [1.54, 1.807) is 0 Å². The van der Waals surface area contributed by atoms with Crippen molar-refractivity contribution >= 4 is 5.97 Å². The number of carboxylic acid groups (broad SMARTS) is 1. The fourth-order valence-electron chi connectivity index (χ4n) is 3.31. The van der Waals surface area contributed by atoms with Crippen LogP contribution < -0.4 is 0 Å². The standard InChI is InChI=1S/C14H26N2O3/c1-12(2)15-6-3-4-14(5-7-15,13(17)18)16-8-10-19-11-9-16/h12H,3-11H2,1-2H3,(H,17,18). The number of rotatable bonds is 3. The molecule has 2 aliphatic heterocycles. The molecule has 0 amide bonds. The van der Waals surface area contributed by atoms with E-state index in [-0.39, 0.29) is 0 Å². The lowest BCUT2D eigenvalue weighted by atomic mass is 9.88. The Labute approximate surface area is 115 Å². The van der Waals surface area contributed by atoms with Gasteiger partial charge < -0.3 is 14.7 Å². The topological polar surface area (TPSA) is 53.0 Å². The molecule has 5 nitrogen and oxygen atoms in total. The van der Waals surface area contributed by atoms with Gasteiger partial charge in [0, 0.05) is 25.7 Å². The van der Waals surface area contributed by atoms with Gasteiger partial charge in [-0.25, -0.2) is 0 Å². The third-order valence-electron chi connectivity index (χ3n) is 4.59. The van der Waals surface area contributed by atoms with Gasteiger partial charge in [-0.3, -0.25) is 9.69 Å². The summed E-state index contributed by atoms with van der Waals surface area (Å²) >= 11 is 0. The maximum atomic E-state index is 11.9. The zero-order valence-corrected chi connectivity index (χ0v) is 12.1. The number of hydrogen-bond acceptors (Lipinski definition) is 4. The summed E-state index contributed by atoms with van der Waals surface area (Å²) in [6.07, 6.45) is 2.44. The highest BCUT2D eigenvalue weighted by molar-refractivity contribution is 5.79. The fourth-order valence-corrected chi connectivity index (χ4v) is 3.31. The van der Waals surface area contributed by atoms with Gasteiger partial charge in [0.1, 0.15) is 5.54 Å². The van der Waals surface area contributed by atoms with Crippen LogP contribution in [0, 0.1) is 0 Å². The minimum absolute atomic E-state index is 0.495. The minimum Gasteiger partial charge on any atom is -0.480 e. The Hall–Kier alpha value is -0.650. The van der Waals surface area contributed by atoms with Crippen LogP contribution in [-0.2, 0) is 9.53 Å². The first-order chi connectivity index (χ1) is 9.06. The van der Waals surface area contributed by atoms with Crippen molar-refractivity contribution in [2.24, 2.45) is 0 Å². The largest absolute Gasteiger partial charge is 0.480 e. The molecule has 1 N–H and O–H groups in total. The summed E-state index contributed by atoms with van der Waals surface area (Å²) in [6.45, 7) is 9.05. The van der Waals surface area contributed by atoms with Crippen LogP contribution in [-0.4, -0.2) is 71.8 Å². The van der Waals surface area contributed by atoms with Crippen LogP contribution in [0.3, 0.4) is 0 Å². The van der Waals surface area contributed by atoms with E-state index in [0.717, 1.165) is 45.4 Å². The van der Waals surface area contributed by atoms with Crippen LogP contribution in [0.15, 0.2) is 0 Å². The van der Waals surface area contributed by atoms with Crippen LogP contribution in [0.5, 0.6) is 0 Å². The third kappa shape index (κ3) is 3.09. The number of likely N-dealkylation sites (tertiary alicyclic amines) is 1. The molecule has 2 saturated heterocycles. The monoisotopic (exact) mass is 270 g/mol. The van der Waals surface area contributed by atoms with Gasteiger partial charge >= 0.3 is 5.97 Å². The number of morpholine rings is 1. The molecule has 2 heterocycles. The highest BCUT2D eigenvalue weighted by Crippen LogP contribution is 2.30. The smallest absolute Gasteiger partial charge is 0.324 e. The summed E-state index contributed by atoms with van der Waals surface area (Å²) in [6, 6.07) is 0.495. The quantitative estimate of drug-likeness (QED) is 0.830. The van der Waals surface area contributed by atoms with E-state index in [1.807, 2.05) is 0 Å². The molecule has 2 aliphatic rings. The molecule has 2 fully saturated rings. The second kappa shape index (κ2) is 6.20. The number of carboxylic acids is 1. The second-order valence-electron chi connectivity index (χ2n) is 5.92. The van der Waals surface area contributed by atoms with E-state index in [0.29, 0.717) is 19.3 Å². The molecular formula is C14H26N2O3. The Morgan fingerprint density at radius 3 is 2.42 bits per heavy atom. The SMILES string of the molecule is CC(C)N1CCCC(C(=O)O)(N2CCOCC2)CC1. The number of ether oxygens (including phenoxy) is 1. The van der Waals surface area contributed by atoms with Crippen molar-refractivity contribution in [2.45, 2.75) is 44.7 Å². The molecule has 0 bridgehead atoms. The molecule has 0 aromatic rings. The van der Waals surface area contributed by atoms with E-state index in [9.17, 15) is 9.90 Å². The predicted molar refractivity (Wildman–Crippen MR) is 73.3 cm³/mol. The summed E-state index contributed by atoms with van der Waals surface area (Å²) in [5.41, 5.74) is -0.673. The van der Waals surface area contributed by atoms with E-state index >= 15 is 0 Å². The van der Waals surface area contributed by atoms with Gasteiger partial charge in [-0.1, -0.05) is 0 Å². The first-order valence-corrected chi connectivity index (χ1v) is 7.36. The third-order valence-corrected chi connectivity index (χ3v) is 4.59. The molecule has 1 atom stereocenters. The van der Waals surface area contributed by atoms with E-state index in [1.165, 1.54) is 0 Å². The second-order valence-corrected chi connectivity index (χ2v) is 5.92. The Bertz CT molecular complexity index is 316. The van der Waals surface area contributed by atoms with Crippen molar-refractivity contribution in [1.82, 2.24) is 9.80 Å². The average molecular weight is 270 g/mol. The molecule has 5 heteroatoms. The Balaban J connectivity index is 2.12. The first kappa shape index (κ1) is 14.8. The normalized spacial score (nSPS) is 31.3.